The number of carbonyl (C=O) groups is 1. The number of aromatic nitrogens is 2. The topological polar surface area (TPSA) is 90.4 Å². The van der Waals surface area contributed by atoms with E-state index in [1.54, 1.807) is 6.92 Å². The summed E-state index contributed by atoms with van der Waals surface area (Å²) in [5.74, 6) is 0.644. The highest BCUT2D eigenvalue weighted by molar-refractivity contribution is 7.21. The Kier molecular flexibility index (Phi) is 4.94. The first-order valence-electron chi connectivity index (χ1n) is 10.2. The van der Waals surface area contributed by atoms with Gasteiger partial charge in [0, 0.05) is 0 Å². The maximum Gasteiger partial charge on any atom is 0.342 e. The van der Waals surface area contributed by atoms with Gasteiger partial charge in [-0.2, -0.15) is 4.98 Å². The molecule has 3 heterocycles. The average molecular weight is 448 g/mol. The highest BCUT2D eigenvalue weighted by atomic mass is 32.1. The van der Waals surface area contributed by atoms with E-state index in [1.165, 1.54) is 24.0 Å². The molecule has 0 aliphatic heterocycles. The van der Waals surface area contributed by atoms with Gasteiger partial charge in [0.25, 0.3) is 0 Å². The van der Waals surface area contributed by atoms with Crippen LogP contribution in [0.25, 0.3) is 31.9 Å². The fourth-order valence-corrected chi connectivity index (χ4v) is 4.63. The molecule has 7 nitrogen and oxygen atoms in total. The van der Waals surface area contributed by atoms with E-state index in [9.17, 15) is 4.79 Å². The SMILES string of the molecule is COC(=O)c1c(C)oc(Nc2nc3cc(C(C)C)ccc3o2)c1-c1nc2ccccc2s1. The Morgan fingerprint density at radius 3 is 2.66 bits per heavy atom. The second kappa shape index (κ2) is 7.80. The number of hydrogen-bond acceptors (Lipinski definition) is 8. The van der Waals surface area contributed by atoms with Crippen LogP contribution >= 0.6 is 11.3 Å². The number of benzene rings is 2. The number of nitrogens with one attached hydrogen (secondary N) is 1. The van der Waals surface area contributed by atoms with Gasteiger partial charge in [-0.3, -0.25) is 5.32 Å². The van der Waals surface area contributed by atoms with Crippen LogP contribution in [-0.2, 0) is 4.74 Å². The number of rotatable bonds is 5. The monoisotopic (exact) mass is 447 g/mol. The molecule has 1 N–H and O–H groups in total. The number of ether oxygens (including phenoxy) is 1. The van der Waals surface area contributed by atoms with Crippen molar-refractivity contribution in [3.63, 3.8) is 0 Å². The van der Waals surface area contributed by atoms with Crippen molar-refractivity contribution in [2.45, 2.75) is 26.7 Å². The first-order valence-corrected chi connectivity index (χ1v) is 11.0. The van der Waals surface area contributed by atoms with Gasteiger partial charge in [-0.05, 0) is 42.7 Å². The molecule has 5 rings (SSSR count). The highest BCUT2D eigenvalue weighted by Gasteiger charge is 2.28. The van der Waals surface area contributed by atoms with Crippen LogP contribution in [-0.4, -0.2) is 23.0 Å². The average Bonchev–Trinajstić information content (AvgIpc) is 3.46. The number of aryl methyl sites for hydroxylation is 1. The summed E-state index contributed by atoms with van der Waals surface area (Å²) in [4.78, 5) is 21.9. The summed E-state index contributed by atoms with van der Waals surface area (Å²) in [5, 5.41) is 3.75. The second-order valence-electron chi connectivity index (χ2n) is 7.74. The van der Waals surface area contributed by atoms with Crippen LogP contribution in [0, 0.1) is 6.92 Å². The van der Waals surface area contributed by atoms with E-state index >= 15 is 0 Å². The third kappa shape index (κ3) is 3.42. The molecule has 0 amide bonds. The minimum Gasteiger partial charge on any atom is -0.465 e. The van der Waals surface area contributed by atoms with Crippen molar-refractivity contribution in [1.29, 1.82) is 0 Å². The van der Waals surface area contributed by atoms with E-state index in [0.717, 1.165) is 15.7 Å². The fraction of sp³-hybridized carbons (Fsp3) is 0.208. The predicted molar refractivity (Wildman–Crippen MR) is 125 cm³/mol. The molecule has 0 saturated heterocycles. The van der Waals surface area contributed by atoms with Crippen LogP contribution in [0.5, 0.6) is 0 Å². The van der Waals surface area contributed by atoms with Gasteiger partial charge >= 0.3 is 12.0 Å². The summed E-state index contributed by atoms with van der Waals surface area (Å²) < 4.78 is 17.8. The highest BCUT2D eigenvalue weighted by Crippen LogP contribution is 2.42. The number of esters is 1. The molecule has 32 heavy (non-hydrogen) atoms. The van der Waals surface area contributed by atoms with E-state index in [1.807, 2.05) is 42.5 Å². The first-order chi connectivity index (χ1) is 15.4. The van der Waals surface area contributed by atoms with Gasteiger partial charge in [0.15, 0.2) is 5.58 Å². The quantitative estimate of drug-likeness (QED) is 0.301. The third-order valence-corrected chi connectivity index (χ3v) is 6.33. The normalized spacial score (nSPS) is 11.5. The number of thiazole rings is 1. The Bertz CT molecular complexity index is 1430. The molecule has 0 aliphatic rings. The van der Waals surface area contributed by atoms with Crippen molar-refractivity contribution < 1.29 is 18.4 Å². The van der Waals surface area contributed by atoms with Gasteiger partial charge in [0.1, 0.15) is 21.8 Å². The molecule has 0 atom stereocenters. The summed E-state index contributed by atoms with van der Waals surface area (Å²) >= 11 is 1.47. The molecule has 0 radical (unpaired) electrons. The lowest BCUT2D eigenvalue weighted by Crippen LogP contribution is -2.03. The van der Waals surface area contributed by atoms with E-state index in [2.05, 4.69) is 24.1 Å². The zero-order chi connectivity index (χ0) is 22.4. The minimum absolute atomic E-state index is 0.272. The zero-order valence-electron chi connectivity index (χ0n) is 18.1. The second-order valence-corrected chi connectivity index (χ2v) is 8.77. The Labute approximate surface area is 188 Å². The van der Waals surface area contributed by atoms with E-state index in [4.69, 9.17) is 18.6 Å². The lowest BCUT2D eigenvalue weighted by Gasteiger charge is -2.02. The number of furan rings is 1. The molecule has 2 aromatic carbocycles. The van der Waals surface area contributed by atoms with Crippen LogP contribution in [0.4, 0.5) is 11.9 Å². The Morgan fingerprint density at radius 1 is 1.09 bits per heavy atom. The van der Waals surface area contributed by atoms with E-state index in [0.29, 0.717) is 39.3 Å². The summed E-state index contributed by atoms with van der Waals surface area (Å²) in [6, 6.07) is 14.0. The zero-order valence-corrected chi connectivity index (χ0v) is 18.9. The van der Waals surface area contributed by atoms with Crippen LogP contribution in [0.1, 0.15) is 41.4 Å². The van der Waals surface area contributed by atoms with Gasteiger partial charge < -0.3 is 13.6 Å². The number of oxazole rings is 1. The van der Waals surface area contributed by atoms with Crippen molar-refractivity contribution in [2.24, 2.45) is 0 Å². The van der Waals surface area contributed by atoms with Crippen molar-refractivity contribution in [2.75, 3.05) is 12.4 Å². The summed E-state index contributed by atoms with van der Waals surface area (Å²) in [6.45, 7) is 5.98. The lowest BCUT2D eigenvalue weighted by atomic mass is 10.0. The van der Waals surface area contributed by atoms with E-state index < -0.39 is 5.97 Å². The summed E-state index contributed by atoms with van der Waals surface area (Å²) in [5.41, 5.74) is 4.28. The third-order valence-electron chi connectivity index (χ3n) is 5.28. The summed E-state index contributed by atoms with van der Waals surface area (Å²) in [7, 11) is 1.34. The molecule has 5 aromatic rings. The lowest BCUT2D eigenvalue weighted by molar-refractivity contribution is 0.0599. The van der Waals surface area contributed by atoms with Crippen molar-refractivity contribution in [3.8, 4) is 10.6 Å². The molecule has 8 heteroatoms. The van der Waals surface area contributed by atoms with Crippen molar-refractivity contribution in [1.82, 2.24) is 9.97 Å². The van der Waals surface area contributed by atoms with E-state index in [-0.39, 0.29) is 6.01 Å². The van der Waals surface area contributed by atoms with Gasteiger partial charge in [0.05, 0.1) is 22.9 Å². The van der Waals surface area contributed by atoms with Crippen LogP contribution < -0.4 is 5.32 Å². The maximum atomic E-state index is 12.6. The predicted octanol–water partition coefficient (Wildman–Crippen LogP) is 6.66. The minimum atomic E-state index is -0.493. The van der Waals surface area contributed by atoms with Crippen LogP contribution in [0.2, 0.25) is 0 Å². The number of methoxy groups -OCH3 is 1. The van der Waals surface area contributed by atoms with Gasteiger partial charge in [-0.25, -0.2) is 9.78 Å². The fourth-order valence-electron chi connectivity index (χ4n) is 3.62. The Hall–Kier alpha value is -3.65. The standard InChI is InChI=1S/C24H21N3O4S/c1-12(2)14-9-10-17-16(11-14)26-24(31-17)27-21-20(19(13(3)30-21)23(28)29-4)22-25-15-7-5-6-8-18(15)32-22/h5-12H,1-4H3,(H,26,27). The number of fused-ring (bicyclic) bond motifs is 2. The van der Waals surface area contributed by atoms with Gasteiger partial charge in [-0.1, -0.05) is 32.0 Å². The number of hydrogen-bond donors (Lipinski definition) is 1. The summed E-state index contributed by atoms with van der Waals surface area (Å²) in [6.07, 6.45) is 0. The smallest absolute Gasteiger partial charge is 0.342 e. The van der Waals surface area contributed by atoms with Crippen molar-refractivity contribution >= 4 is 50.5 Å². The molecular weight excluding hydrogens is 426 g/mol. The molecule has 162 valence electrons. The number of para-hydroxylation sites is 1. The number of nitrogens with zero attached hydrogens (tertiary/aromatic N) is 2. The van der Waals surface area contributed by atoms with Crippen molar-refractivity contribution in [3.05, 3.63) is 59.4 Å². The molecule has 0 fully saturated rings. The maximum absolute atomic E-state index is 12.6. The number of anilines is 2. The molecule has 0 bridgehead atoms. The first kappa shape index (κ1) is 20.3. The molecule has 0 unspecified atom stereocenters. The molecular formula is C24H21N3O4S. The molecule has 0 spiro atoms. The molecule has 0 saturated carbocycles. The van der Waals surface area contributed by atoms with Crippen LogP contribution in [0.3, 0.4) is 0 Å². The number of carbonyl (C=O) groups excluding carboxylic acids is 1. The van der Waals surface area contributed by atoms with Gasteiger partial charge in [-0.15, -0.1) is 11.3 Å². The van der Waals surface area contributed by atoms with Gasteiger partial charge in [0.2, 0.25) is 5.88 Å². The van der Waals surface area contributed by atoms with Crippen LogP contribution in [0.15, 0.2) is 51.3 Å². The molecule has 0 aliphatic carbocycles. The largest absolute Gasteiger partial charge is 0.465 e. The Morgan fingerprint density at radius 2 is 1.91 bits per heavy atom. The Balaban J connectivity index is 1.62. The molecule has 3 aromatic heterocycles.